The van der Waals surface area contributed by atoms with Gasteiger partial charge in [0.15, 0.2) is 0 Å². The zero-order valence-corrected chi connectivity index (χ0v) is 11.6. The minimum absolute atomic E-state index is 0.600. The van der Waals surface area contributed by atoms with Crippen molar-refractivity contribution in [2.24, 2.45) is 0 Å². The van der Waals surface area contributed by atoms with Crippen LogP contribution in [0.2, 0.25) is 0 Å². The molecular weight excluding hydrogens is 238 g/mol. The van der Waals surface area contributed by atoms with Crippen LogP contribution in [0.25, 0.3) is 0 Å². The molecule has 0 aliphatic heterocycles. The molecule has 0 bridgehead atoms. The zero-order valence-electron chi connectivity index (χ0n) is 11.6. The standard InChI is InChI=1S/C15H19N3O/c1-4-16-9-13-6-8-15(18-12(13)3)19-14-7-5-11(2)17-10-14/h5-8,10,16H,4,9H2,1-3H3. The van der Waals surface area contributed by atoms with Gasteiger partial charge in [-0.05, 0) is 38.1 Å². The molecule has 0 unspecified atom stereocenters. The molecule has 0 saturated carbocycles. The Morgan fingerprint density at radius 2 is 2.00 bits per heavy atom. The first kappa shape index (κ1) is 13.5. The van der Waals surface area contributed by atoms with Crippen LogP contribution in [0, 0.1) is 13.8 Å². The number of aryl methyl sites for hydroxylation is 2. The lowest BCUT2D eigenvalue weighted by molar-refractivity contribution is 0.458. The van der Waals surface area contributed by atoms with E-state index >= 15 is 0 Å². The van der Waals surface area contributed by atoms with Gasteiger partial charge in [0.1, 0.15) is 5.75 Å². The average molecular weight is 257 g/mol. The third-order valence-electron chi connectivity index (χ3n) is 2.84. The van der Waals surface area contributed by atoms with Gasteiger partial charge in [-0.2, -0.15) is 0 Å². The molecule has 0 fully saturated rings. The second-order valence-electron chi connectivity index (χ2n) is 4.41. The number of hydrogen-bond donors (Lipinski definition) is 1. The van der Waals surface area contributed by atoms with Gasteiger partial charge in [0.05, 0.1) is 6.20 Å². The highest BCUT2D eigenvalue weighted by atomic mass is 16.5. The molecule has 2 rings (SSSR count). The van der Waals surface area contributed by atoms with Gasteiger partial charge in [-0.1, -0.05) is 13.0 Å². The molecule has 4 nitrogen and oxygen atoms in total. The summed E-state index contributed by atoms with van der Waals surface area (Å²) < 4.78 is 5.68. The molecule has 0 spiro atoms. The monoisotopic (exact) mass is 257 g/mol. The molecular formula is C15H19N3O. The van der Waals surface area contributed by atoms with Crippen molar-refractivity contribution in [1.82, 2.24) is 15.3 Å². The van der Waals surface area contributed by atoms with E-state index in [0.717, 1.165) is 24.5 Å². The van der Waals surface area contributed by atoms with E-state index in [1.165, 1.54) is 5.56 Å². The van der Waals surface area contributed by atoms with Gasteiger partial charge >= 0.3 is 0 Å². The number of rotatable bonds is 5. The average Bonchev–Trinajstić information content (AvgIpc) is 2.41. The lowest BCUT2D eigenvalue weighted by Gasteiger charge is -2.09. The number of nitrogens with zero attached hydrogens (tertiary/aromatic N) is 2. The van der Waals surface area contributed by atoms with Gasteiger partial charge in [-0.25, -0.2) is 4.98 Å². The van der Waals surface area contributed by atoms with Crippen LogP contribution in [0.5, 0.6) is 11.6 Å². The van der Waals surface area contributed by atoms with Gasteiger partial charge in [-0.3, -0.25) is 4.98 Å². The van der Waals surface area contributed by atoms with Crippen molar-refractivity contribution in [3.8, 4) is 11.6 Å². The molecule has 0 aliphatic rings. The largest absolute Gasteiger partial charge is 0.437 e. The van der Waals surface area contributed by atoms with E-state index in [4.69, 9.17) is 4.74 Å². The summed E-state index contributed by atoms with van der Waals surface area (Å²) in [5.74, 6) is 1.31. The van der Waals surface area contributed by atoms with E-state index in [0.29, 0.717) is 11.6 Å². The predicted octanol–water partition coefficient (Wildman–Crippen LogP) is 3.00. The maximum absolute atomic E-state index is 5.68. The molecule has 2 aromatic heterocycles. The lowest BCUT2D eigenvalue weighted by atomic mass is 10.2. The van der Waals surface area contributed by atoms with Crippen molar-refractivity contribution in [2.75, 3.05) is 6.54 Å². The Kier molecular flexibility index (Phi) is 4.47. The maximum Gasteiger partial charge on any atom is 0.219 e. The van der Waals surface area contributed by atoms with Crippen LogP contribution in [0.4, 0.5) is 0 Å². The molecule has 0 atom stereocenters. The van der Waals surface area contributed by atoms with Crippen LogP contribution < -0.4 is 10.1 Å². The molecule has 19 heavy (non-hydrogen) atoms. The SMILES string of the molecule is CCNCc1ccc(Oc2ccc(C)nc2)nc1C. The Hall–Kier alpha value is -1.94. The molecule has 0 saturated heterocycles. The summed E-state index contributed by atoms with van der Waals surface area (Å²) >= 11 is 0. The molecule has 2 aromatic rings. The number of nitrogens with one attached hydrogen (secondary N) is 1. The van der Waals surface area contributed by atoms with Crippen molar-refractivity contribution in [3.05, 3.63) is 47.4 Å². The fourth-order valence-electron chi connectivity index (χ4n) is 1.71. The zero-order chi connectivity index (χ0) is 13.7. The topological polar surface area (TPSA) is 47.0 Å². The van der Waals surface area contributed by atoms with Crippen molar-refractivity contribution in [2.45, 2.75) is 27.3 Å². The Bertz CT molecular complexity index is 538. The quantitative estimate of drug-likeness (QED) is 0.894. The highest BCUT2D eigenvalue weighted by molar-refractivity contribution is 5.29. The van der Waals surface area contributed by atoms with Gasteiger partial charge in [0.25, 0.3) is 0 Å². The first-order chi connectivity index (χ1) is 9.19. The van der Waals surface area contributed by atoms with Gasteiger partial charge in [0, 0.05) is 24.0 Å². The summed E-state index contributed by atoms with van der Waals surface area (Å²) in [6, 6.07) is 7.75. The molecule has 2 heterocycles. The Morgan fingerprint density at radius 3 is 2.63 bits per heavy atom. The molecule has 0 radical (unpaired) electrons. The van der Waals surface area contributed by atoms with Crippen molar-refractivity contribution in [1.29, 1.82) is 0 Å². The number of aromatic nitrogens is 2. The Balaban J connectivity index is 2.09. The fourth-order valence-corrected chi connectivity index (χ4v) is 1.71. The summed E-state index contributed by atoms with van der Waals surface area (Å²) in [6.07, 6.45) is 1.71. The minimum Gasteiger partial charge on any atom is -0.437 e. The summed E-state index contributed by atoms with van der Waals surface area (Å²) in [5, 5.41) is 3.29. The molecule has 1 N–H and O–H groups in total. The Morgan fingerprint density at radius 1 is 1.16 bits per heavy atom. The molecule has 0 aromatic carbocycles. The van der Waals surface area contributed by atoms with Crippen LogP contribution in [0.15, 0.2) is 30.5 Å². The maximum atomic E-state index is 5.68. The van der Waals surface area contributed by atoms with E-state index in [1.54, 1.807) is 6.20 Å². The summed E-state index contributed by atoms with van der Waals surface area (Å²) in [5.41, 5.74) is 3.15. The van der Waals surface area contributed by atoms with E-state index in [1.807, 2.05) is 38.1 Å². The van der Waals surface area contributed by atoms with E-state index < -0.39 is 0 Å². The van der Waals surface area contributed by atoms with Gasteiger partial charge in [0.2, 0.25) is 5.88 Å². The van der Waals surface area contributed by atoms with Crippen LogP contribution in [-0.4, -0.2) is 16.5 Å². The molecule has 0 amide bonds. The third kappa shape index (κ3) is 3.76. The van der Waals surface area contributed by atoms with Crippen molar-refractivity contribution >= 4 is 0 Å². The second-order valence-corrected chi connectivity index (χ2v) is 4.41. The summed E-state index contributed by atoms with van der Waals surface area (Å²) in [4.78, 5) is 8.65. The van der Waals surface area contributed by atoms with Crippen LogP contribution in [0.3, 0.4) is 0 Å². The van der Waals surface area contributed by atoms with Crippen LogP contribution in [-0.2, 0) is 6.54 Å². The second kappa shape index (κ2) is 6.29. The van der Waals surface area contributed by atoms with Crippen LogP contribution in [0.1, 0.15) is 23.9 Å². The van der Waals surface area contributed by atoms with E-state index in [2.05, 4.69) is 22.2 Å². The fraction of sp³-hybridized carbons (Fsp3) is 0.333. The molecule has 4 heteroatoms. The predicted molar refractivity (Wildman–Crippen MR) is 75.4 cm³/mol. The van der Waals surface area contributed by atoms with Crippen molar-refractivity contribution in [3.63, 3.8) is 0 Å². The van der Waals surface area contributed by atoms with Crippen LogP contribution >= 0.6 is 0 Å². The smallest absolute Gasteiger partial charge is 0.219 e. The van der Waals surface area contributed by atoms with Gasteiger partial charge < -0.3 is 10.1 Å². The number of hydrogen-bond acceptors (Lipinski definition) is 4. The normalized spacial score (nSPS) is 10.5. The number of pyridine rings is 2. The van der Waals surface area contributed by atoms with E-state index in [9.17, 15) is 0 Å². The molecule has 0 aliphatic carbocycles. The van der Waals surface area contributed by atoms with E-state index in [-0.39, 0.29) is 0 Å². The minimum atomic E-state index is 0.600. The number of ether oxygens (including phenoxy) is 1. The van der Waals surface area contributed by atoms with Crippen molar-refractivity contribution < 1.29 is 4.74 Å². The lowest BCUT2D eigenvalue weighted by Crippen LogP contribution is -2.13. The summed E-state index contributed by atoms with van der Waals surface area (Å²) in [7, 11) is 0. The molecule has 100 valence electrons. The first-order valence-corrected chi connectivity index (χ1v) is 6.47. The first-order valence-electron chi connectivity index (χ1n) is 6.47. The Labute approximate surface area is 113 Å². The summed E-state index contributed by atoms with van der Waals surface area (Å²) in [6.45, 7) is 7.81. The van der Waals surface area contributed by atoms with Gasteiger partial charge in [-0.15, -0.1) is 0 Å². The third-order valence-corrected chi connectivity index (χ3v) is 2.84. The highest BCUT2D eigenvalue weighted by Crippen LogP contribution is 2.20. The highest BCUT2D eigenvalue weighted by Gasteiger charge is 2.03.